The summed E-state index contributed by atoms with van der Waals surface area (Å²) in [7, 11) is 0. The van der Waals surface area contributed by atoms with Crippen LogP contribution in [0.2, 0.25) is 0 Å². The summed E-state index contributed by atoms with van der Waals surface area (Å²) < 4.78 is 2.06. The Balaban J connectivity index is 1.41. The monoisotopic (exact) mass is 446 g/mol. The predicted octanol–water partition coefficient (Wildman–Crippen LogP) is 4.87. The van der Waals surface area contributed by atoms with Gasteiger partial charge in [0.1, 0.15) is 12.4 Å². The number of para-hydroxylation sites is 2. The highest BCUT2D eigenvalue weighted by Crippen LogP contribution is 2.33. The van der Waals surface area contributed by atoms with E-state index in [0.717, 1.165) is 64.9 Å². The fraction of sp³-hybridized carbons (Fsp3) is 0.333. The minimum Gasteiger partial charge on any atom is -0.333 e. The fourth-order valence-corrected chi connectivity index (χ4v) is 5.07. The van der Waals surface area contributed by atoms with Gasteiger partial charge in [0.25, 0.3) is 0 Å². The number of hydrogen-bond acceptors (Lipinski definition) is 6. The lowest BCUT2D eigenvalue weighted by Gasteiger charge is -2.25. The number of aryl methyl sites for hydroxylation is 2. The molecule has 8 heteroatoms. The minimum absolute atomic E-state index is 0.0147. The van der Waals surface area contributed by atoms with Gasteiger partial charge in [0.2, 0.25) is 5.91 Å². The Morgan fingerprint density at radius 2 is 2.12 bits per heavy atom. The van der Waals surface area contributed by atoms with Crippen LogP contribution >= 0.6 is 11.3 Å². The number of anilines is 2. The lowest BCUT2D eigenvalue weighted by molar-refractivity contribution is -0.132. The zero-order valence-corrected chi connectivity index (χ0v) is 19.1. The summed E-state index contributed by atoms with van der Waals surface area (Å²) in [6, 6.07) is 12.1. The largest absolute Gasteiger partial charge is 0.333 e. The maximum atomic E-state index is 13.5. The molecule has 164 valence electrons. The molecule has 0 aliphatic carbocycles. The first kappa shape index (κ1) is 20.6. The molecular weight excluding hydrogens is 420 g/mol. The van der Waals surface area contributed by atoms with Crippen LogP contribution < -0.4 is 5.32 Å². The van der Waals surface area contributed by atoms with Gasteiger partial charge in [-0.2, -0.15) is 0 Å². The van der Waals surface area contributed by atoms with Gasteiger partial charge < -0.3 is 14.8 Å². The molecule has 0 unspecified atom stereocenters. The molecule has 1 fully saturated rings. The third-order valence-electron chi connectivity index (χ3n) is 5.91. The van der Waals surface area contributed by atoms with Gasteiger partial charge in [0.15, 0.2) is 5.13 Å². The van der Waals surface area contributed by atoms with Crippen LogP contribution in [-0.4, -0.2) is 36.9 Å². The number of imidazole rings is 1. The number of carbonyl (C=O) groups excluding carboxylic acids is 1. The Kier molecular flexibility index (Phi) is 5.61. The van der Waals surface area contributed by atoms with Crippen LogP contribution in [0.3, 0.4) is 0 Å². The van der Waals surface area contributed by atoms with E-state index in [1.807, 2.05) is 47.5 Å². The Hall–Kier alpha value is -3.26. The standard InChI is InChI=1S/C24H26N6OS/c1-3-22-28-18-7-4-5-8-20(18)30(22)15-23(31)29-11-6-9-21(29)19-14-17(13-16(2)26-19)27-24-25-10-12-32-24/h4-5,7-8,10,12-14,21H,3,6,9,11,15H2,1-2H3,(H,25,26,27)/t21-/m0/s1. The number of rotatable bonds is 6. The molecule has 4 heterocycles. The quantitative estimate of drug-likeness (QED) is 0.457. The number of amides is 1. The molecule has 3 aromatic heterocycles. The molecule has 32 heavy (non-hydrogen) atoms. The smallest absolute Gasteiger partial charge is 0.243 e. The van der Waals surface area contributed by atoms with Crippen LogP contribution in [0.25, 0.3) is 11.0 Å². The molecule has 4 aromatic rings. The van der Waals surface area contributed by atoms with Gasteiger partial charge >= 0.3 is 0 Å². The van der Waals surface area contributed by atoms with Gasteiger partial charge in [-0.3, -0.25) is 9.78 Å². The van der Waals surface area contributed by atoms with E-state index in [1.165, 1.54) is 0 Å². The number of pyridine rings is 1. The van der Waals surface area contributed by atoms with Crippen molar-refractivity contribution in [1.29, 1.82) is 0 Å². The van der Waals surface area contributed by atoms with Crippen LogP contribution in [0.4, 0.5) is 10.8 Å². The van der Waals surface area contributed by atoms with Crippen LogP contribution in [0.5, 0.6) is 0 Å². The zero-order valence-electron chi connectivity index (χ0n) is 18.3. The van der Waals surface area contributed by atoms with Crippen LogP contribution in [0, 0.1) is 6.92 Å². The molecule has 1 N–H and O–H groups in total. The van der Waals surface area contributed by atoms with E-state index in [0.29, 0.717) is 6.54 Å². The minimum atomic E-state index is -0.0147. The summed E-state index contributed by atoms with van der Waals surface area (Å²) in [5.41, 5.74) is 4.76. The van der Waals surface area contributed by atoms with E-state index >= 15 is 0 Å². The molecule has 7 nitrogen and oxygen atoms in total. The molecule has 5 rings (SSSR count). The Bertz CT molecular complexity index is 1250. The predicted molar refractivity (Wildman–Crippen MR) is 127 cm³/mol. The summed E-state index contributed by atoms with van der Waals surface area (Å²) in [5, 5.41) is 6.15. The Morgan fingerprint density at radius 1 is 1.25 bits per heavy atom. The number of carbonyl (C=O) groups is 1. The van der Waals surface area contributed by atoms with Crippen molar-refractivity contribution in [2.45, 2.75) is 45.7 Å². The molecule has 0 spiro atoms. The highest BCUT2D eigenvalue weighted by Gasteiger charge is 2.32. The van der Waals surface area contributed by atoms with Gasteiger partial charge in [0, 0.05) is 35.9 Å². The van der Waals surface area contributed by atoms with E-state index < -0.39 is 0 Å². The van der Waals surface area contributed by atoms with Crippen LogP contribution in [0.15, 0.2) is 48.0 Å². The lowest BCUT2D eigenvalue weighted by atomic mass is 10.1. The first-order valence-electron chi connectivity index (χ1n) is 11.0. The third kappa shape index (κ3) is 3.98. The van der Waals surface area contributed by atoms with E-state index in [1.54, 1.807) is 17.5 Å². The molecule has 0 radical (unpaired) electrons. The van der Waals surface area contributed by atoms with Gasteiger partial charge in [-0.1, -0.05) is 19.1 Å². The van der Waals surface area contributed by atoms with Gasteiger partial charge in [0.05, 0.1) is 22.8 Å². The average molecular weight is 447 g/mol. The summed E-state index contributed by atoms with van der Waals surface area (Å²) in [6.07, 6.45) is 4.47. The second-order valence-electron chi connectivity index (χ2n) is 8.09. The number of nitrogens with zero attached hydrogens (tertiary/aromatic N) is 5. The number of thiazole rings is 1. The maximum Gasteiger partial charge on any atom is 0.243 e. The lowest BCUT2D eigenvalue weighted by Crippen LogP contribution is -2.34. The van der Waals surface area contributed by atoms with Crippen molar-refractivity contribution in [1.82, 2.24) is 24.4 Å². The molecule has 1 aliphatic heterocycles. The first-order valence-corrected chi connectivity index (χ1v) is 11.9. The molecule has 1 saturated heterocycles. The second kappa shape index (κ2) is 8.70. The molecule has 1 atom stereocenters. The number of nitrogens with one attached hydrogen (secondary N) is 1. The van der Waals surface area contributed by atoms with Crippen molar-refractivity contribution in [3.05, 3.63) is 65.2 Å². The number of hydrogen-bond donors (Lipinski definition) is 1. The third-order valence-corrected chi connectivity index (χ3v) is 6.60. The molecule has 1 amide bonds. The Morgan fingerprint density at radius 3 is 2.94 bits per heavy atom. The van der Waals surface area contributed by atoms with Crippen LogP contribution in [-0.2, 0) is 17.8 Å². The Labute approximate surface area is 191 Å². The summed E-state index contributed by atoms with van der Waals surface area (Å²) >= 11 is 1.56. The summed E-state index contributed by atoms with van der Waals surface area (Å²) in [6.45, 7) is 5.12. The van der Waals surface area contributed by atoms with Gasteiger partial charge in [-0.25, -0.2) is 9.97 Å². The average Bonchev–Trinajstić information content (AvgIpc) is 3.53. The topological polar surface area (TPSA) is 75.9 Å². The molecule has 1 aliphatic rings. The highest BCUT2D eigenvalue weighted by molar-refractivity contribution is 7.13. The first-order chi connectivity index (χ1) is 15.6. The summed E-state index contributed by atoms with van der Waals surface area (Å²) in [4.78, 5) is 29.3. The van der Waals surface area contributed by atoms with Crippen molar-refractivity contribution in [2.75, 3.05) is 11.9 Å². The zero-order chi connectivity index (χ0) is 22.1. The van der Waals surface area contributed by atoms with E-state index in [2.05, 4.69) is 27.9 Å². The molecule has 0 bridgehead atoms. The van der Waals surface area contributed by atoms with E-state index in [9.17, 15) is 4.79 Å². The maximum absolute atomic E-state index is 13.5. The number of benzene rings is 1. The van der Waals surface area contributed by atoms with Crippen molar-refractivity contribution < 1.29 is 4.79 Å². The van der Waals surface area contributed by atoms with Crippen molar-refractivity contribution in [3.8, 4) is 0 Å². The highest BCUT2D eigenvalue weighted by atomic mass is 32.1. The number of aromatic nitrogens is 4. The molecule has 0 saturated carbocycles. The van der Waals surface area contributed by atoms with Crippen molar-refractivity contribution >= 4 is 39.1 Å². The number of fused-ring (bicyclic) bond motifs is 1. The van der Waals surface area contributed by atoms with Crippen molar-refractivity contribution in [3.63, 3.8) is 0 Å². The molecular formula is C24H26N6OS. The van der Waals surface area contributed by atoms with Gasteiger partial charge in [-0.05, 0) is 44.0 Å². The molecule has 1 aromatic carbocycles. The van der Waals surface area contributed by atoms with Crippen LogP contribution in [0.1, 0.15) is 43.0 Å². The van der Waals surface area contributed by atoms with Gasteiger partial charge in [-0.15, -0.1) is 11.3 Å². The second-order valence-corrected chi connectivity index (χ2v) is 8.98. The number of likely N-dealkylation sites (tertiary alicyclic amines) is 1. The fourth-order valence-electron chi connectivity index (χ4n) is 4.52. The van der Waals surface area contributed by atoms with E-state index in [4.69, 9.17) is 9.97 Å². The normalized spacial score (nSPS) is 16.1. The van der Waals surface area contributed by atoms with Crippen molar-refractivity contribution in [2.24, 2.45) is 0 Å². The summed E-state index contributed by atoms with van der Waals surface area (Å²) in [5.74, 6) is 1.06. The van der Waals surface area contributed by atoms with E-state index in [-0.39, 0.29) is 11.9 Å². The SMILES string of the molecule is CCc1nc2ccccc2n1CC(=O)N1CCC[C@H]1c1cc(Nc2nccs2)cc(C)n1.